The van der Waals surface area contributed by atoms with Gasteiger partial charge in [0.2, 0.25) is 5.88 Å². The third kappa shape index (κ3) is 1.30. The number of rotatable bonds is 2. The van der Waals surface area contributed by atoms with Gasteiger partial charge in [-0.15, -0.1) is 0 Å². The Labute approximate surface area is 79.0 Å². The summed E-state index contributed by atoms with van der Waals surface area (Å²) in [5.41, 5.74) is 1.68. The van der Waals surface area contributed by atoms with E-state index in [1.54, 1.807) is 7.11 Å². The predicted octanol–water partition coefficient (Wildman–Crippen LogP) is 0.330. The van der Waals surface area contributed by atoms with Crippen LogP contribution >= 0.6 is 0 Å². The Bertz CT molecular complexity index is 336. The van der Waals surface area contributed by atoms with Gasteiger partial charge in [-0.3, -0.25) is 0 Å². The zero-order valence-corrected chi connectivity index (χ0v) is 7.87. The maximum atomic E-state index is 5.87. The quantitative estimate of drug-likeness (QED) is 0.606. The molecule has 0 N–H and O–H groups in total. The highest BCUT2D eigenvalue weighted by Crippen LogP contribution is 2.46. The van der Waals surface area contributed by atoms with Crippen LogP contribution in [0, 0.1) is 0 Å². The Morgan fingerprint density at radius 2 is 2.15 bits per heavy atom. The molecule has 0 unspecified atom stereocenters. The summed E-state index contributed by atoms with van der Waals surface area (Å²) in [6.07, 6.45) is 3.81. The average molecular weight is 174 g/mol. The Morgan fingerprint density at radius 1 is 1.46 bits per heavy atom. The van der Waals surface area contributed by atoms with Crippen LogP contribution in [0.4, 0.5) is 0 Å². The van der Waals surface area contributed by atoms with Crippen LogP contribution in [0.3, 0.4) is 0 Å². The van der Waals surface area contributed by atoms with E-state index in [4.69, 9.17) is 12.6 Å². The lowest BCUT2D eigenvalue weighted by Crippen LogP contribution is -2.22. The molecule has 0 atom stereocenters. The van der Waals surface area contributed by atoms with Gasteiger partial charge >= 0.3 is 0 Å². The van der Waals surface area contributed by atoms with E-state index in [1.807, 2.05) is 0 Å². The molecule has 1 fully saturated rings. The van der Waals surface area contributed by atoms with Crippen LogP contribution in [0.15, 0.2) is 6.33 Å². The summed E-state index contributed by atoms with van der Waals surface area (Å²) in [5.74, 6) is 0.484. The molecule has 2 rings (SSSR count). The minimum Gasteiger partial charge on any atom is -0.481 e. The fourth-order valence-corrected chi connectivity index (χ4v) is 1.45. The highest BCUT2D eigenvalue weighted by molar-refractivity contribution is 6.35. The van der Waals surface area contributed by atoms with Gasteiger partial charge in [0.25, 0.3) is 0 Å². The smallest absolute Gasteiger partial charge is 0.208 e. The van der Waals surface area contributed by atoms with Crippen LogP contribution in [0.5, 0.6) is 5.88 Å². The van der Waals surface area contributed by atoms with E-state index in [9.17, 15) is 0 Å². The van der Waals surface area contributed by atoms with Crippen molar-refractivity contribution in [2.45, 2.75) is 25.2 Å². The van der Waals surface area contributed by atoms with Crippen LogP contribution < -0.4 is 10.2 Å². The average Bonchev–Trinajstić information content (AvgIpc) is 2.85. The molecular formula is C9H11BN2O. The first-order valence-electron chi connectivity index (χ1n) is 4.32. The lowest BCUT2D eigenvalue weighted by atomic mass is 9.88. The van der Waals surface area contributed by atoms with Crippen molar-refractivity contribution in [2.24, 2.45) is 0 Å². The third-order valence-electron chi connectivity index (χ3n) is 2.61. The van der Waals surface area contributed by atoms with E-state index in [2.05, 4.69) is 16.9 Å². The van der Waals surface area contributed by atoms with E-state index in [-0.39, 0.29) is 5.41 Å². The number of methoxy groups -OCH3 is 1. The number of hydrogen-bond acceptors (Lipinski definition) is 3. The van der Waals surface area contributed by atoms with E-state index in [1.165, 1.54) is 6.33 Å². The van der Waals surface area contributed by atoms with Crippen LogP contribution in [-0.4, -0.2) is 24.9 Å². The molecule has 4 heteroatoms. The summed E-state index contributed by atoms with van der Waals surface area (Å²) in [6.45, 7) is 2.16. The Kier molecular flexibility index (Phi) is 1.79. The molecule has 1 aliphatic carbocycles. The van der Waals surface area contributed by atoms with Crippen molar-refractivity contribution >= 4 is 13.3 Å². The molecule has 2 radical (unpaired) electrons. The lowest BCUT2D eigenvalue weighted by Gasteiger charge is -2.12. The van der Waals surface area contributed by atoms with Crippen LogP contribution in [0.2, 0.25) is 0 Å². The normalized spacial score (nSPS) is 18.3. The van der Waals surface area contributed by atoms with Crippen LogP contribution in [-0.2, 0) is 5.41 Å². The minimum atomic E-state index is 0.167. The monoisotopic (exact) mass is 174 g/mol. The van der Waals surface area contributed by atoms with Gasteiger partial charge in [-0.1, -0.05) is 6.92 Å². The van der Waals surface area contributed by atoms with Gasteiger partial charge in [-0.05, 0) is 18.3 Å². The fraction of sp³-hybridized carbons (Fsp3) is 0.556. The molecule has 1 aromatic heterocycles. The molecule has 13 heavy (non-hydrogen) atoms. The van der Waals surface area contributed by atoms with Gasteiger partial charge in [-0.2, -0.15) is 0 Å². The predicted molar refractivity (Wildman–Crippen MR) is 50.6 cm³/mol. The molecule has 0 saturated heterocycles. The second-order valence-electron chi connectivity index (χ2n) is 3.71. The maximum Gasteiger partial charge on any atom is 0.208 e. The Hall–Kier alpha value is -1.06. The highest BCUT2D eigenvalue weighted by Gasteiger charge is 2.41. The summed E-state index contributed by atoms with van der Waals surface area (Å²) < 4.78 is 5.03. The molecule has 1 aliphatic rings. The molecule has 1 saturated carbocycles. The highest BCUT2D eigenvalue weighted by atomic mass is 16.5. The van der Waals surface area contributed by atoms with Gasteiger partial charge in [0.1, 0.15) is 14.2 Å². The Morgan fingerprint density at radius 3 is 2.69 bits per heavy atom. The van der Waals surface area contributed by atoms with E-state index >= 15 is 0 Å². The zero-order valence-electron chi connectivity index (χ0n) is 7.87. The van der Waals surface area contributed by atoms with Gasteiger partial charge in [-0.25, -0.2) is 9.97 Å². The number of aromatic nitrogens is 2. The molecule has 1 aromatic rings. The molecule has 3 nitrogen and oxygen atoms in total. The summed E-state index contributed by atoms with van der Waals surface area (Å²) in [7, 11) is 7.44. The summed E-state index contributed by atoms with van der Waals surface area (Å²) in [4.78, 5) is 8.14. The van der Waals surface area contributed by atoms with E-state index in [0.29, 0.717) is 11.3 Å². The standard InChI is InChI=1S/C9H11BN2O/c1-9(3-4-9)7-6(10)8(13-2)12-5-11-7/h5H,3-4H2,1-2H3. The molecule has 0 aliphatic heterocycles. The van der Waals surface area contributed by atoms with Crippen molar-refractivity contribution in [3.05, 3.63) is 12.0 Å². The molecule has 66 valence electrons. The van der Waals surface area contributed by atoms with Crippen molar-refractivity contribution in [3.63, 3.8) is 0 Å². The molecule has 0 spiro atoms. The molecule has 0 bridgehead atoms. The van der Waals surface area contributed by atoms with Crippen LogP contribution in [0.1, 0.15) is 25.5 Å². The van der Waals surface area contributed by atoms with E-state index in [0.717, 1.165) is 18.5 Å². The first-order valence-corrected chi connectivity index (χ1v) is 4.32. The summed E-state index contributed by atoms with van der Waals surface area (Å²) >= 11 is 0. The minimum absolute atomic E-state index is 0.167. The van der Waals surface area contributed by atoms with Gasteiger partial charge in [0.15, 0.2) is 0 Å². The van der Waals surface area contributed by atoms with Gasteiger partial charge in [0.05, 0.1) is 7.11 Å². The van der Waals surface area contributed by atoms with Crippen molar-refractivity contribution in [3.8, 4) is 5.88 Å². The number of ether oxygens (including phenoxy) is 1. The van der Waals surface area contributed by atoms with Gasteiger partial charge < -0.3 is 4.74 Å². The second kappa shape index (κ2) is 2.72. The fourth-order valence-electron chi connectivity index (χ4n) is 1.45. The largest absolute Gasteiger partial charge is 0.481 e. The van der Waals surface area contributed by atoms with Gasteiger partial charge in [0, 0.05) is 11.1 Å². The topological polar surface area (TPSA) is 35.0 Å². The molecule has 0 aromatic carbocycles. The van der Waals surface area contributed by atoms with E-state index < -0.39 is 0 Å². The number of nitrogens with zero attached hydrogens (tertiary/aromatic N) is 2. The molecular weight excluding hydrogens is 163 g/mol. The van der Waals surface area contributed by atoms with Crippen molar-refractivity contribution in [1.82, 2.24) is 9.97 Å². The van der Waals surface area contributed by atoms with Crippen molar-refractivity contribution < 1.29 is 4.74 Å². The molecule has 0 amide bonds. The first-order chi connectivity index (χ1) is 6.17. The maximum absolute atomic E-state index is 5.87. The zero-order chi connectivity index (χ0) is 9.47. The summed E-state index contributed by atoms with van der Waals surface area (Å²) in [6, 6.07) is 0. The SMILES string of the molecule is [B]c1c(OC)ncnc1C1(C)CC1. The third-order valence-corrected chi connectivity index (χ3v) is 2.61. The first kappa shape index (κ1) is 8.54. The van der Waals surface area contributed by atoms with Crippen LogP contribution in [0.25, 0.3) is 0 Å². The Balaban J connectivity index is 2.46. The lowest BCUT2D eigenvalue weighted by molar-refractivity contribution is 0.399. The second-order valence-corrected chi connectivity index (χ2v) is 3.71. The summed E-state index contributed by atoms with van der Waals surface area (Å²) in [5, 5.41) is 0. The molecule has 1 heterocycles. The van der Waals surface area contributed by atoms with Crippen molar-refractivity contribution in [2.75, 3.05) is 7.11 Å². The number of hydrogen-bond donors (Lipinski definition) is 0. The van der Waals surface area contributed by atoms with Crippen molar-refractivity contribution in [1.29, 1.82) is 0 Å².